The zero-order valence-electron chi connectivity index (χ0n) is 15.0. The molecule has 1 aromatic rings. The number of ether oxygens (including phenoxy) is 1. The molecule has 0 aromatic heterocycles. The van der Waals surface area contributed by atoms with Gasteiger partial charge in [0.1, 0.15) is 5.75 Å². The van der Waals surface area contributed by atoms with Gasteiger partial charge in [0.2, 0.25) is 0 Å². The summed E-state index contributed by atoms with van der Waals surface area (Å²) in [5, 5.41) is 8.76. The van der Waals surface area contributed by atoms with Gasteiger partial charge in [-0.25, -0.2) is 0 Å². The lowest BCUT2D eigenvalue weighted by Crippen LogP contribution is -2.08. The Morgan fingerprint density at radius 1 is 0.920 bits per heavy atom. The maximum absolute atomic E-state index is 12.9. The molecule has 5 heteroatoms. The second-order valence-electron chi connectivity index (χ2n) is 6.35. The number of hydrogen-bond donors (Lipinski definition) is 0. The lowest BCUT2D eigenvalue weighted by atomic mass is 10.1. The predicted octanol–water partition coefficient (Wildman–Crippen LogP) is 6.88. The largest absolute Gasteiger partial charge is 0.494 e. The maximum Gasteiger partial charge on any atom is 0.417 e. The molecule has 0 bridgehead atoms. The minimum atomic E-state index is -4.54. The van der Waals surface area contributed by atoms with Crippen LogP contribution in [-0.4, -0.2) is 6.61 Å². The molecule has 1 rings (SSSR count). The molecule has 0 spiro atoms. The van der Waals surface area contributed by atoms with Gasteiger partial charge in [-0.15, -0.1) is 0 Å². The van der Waals surface area contributed by atoms with Crippen molar-refractivity contribution in [1.82, 2.24) is 0 Å². The van der Waals surface area contributed by atoms with Gasteiger partial charge in [0, 0.05) is 0 Å². The molecule has 0 heterocycles. The fourth-order valence-electron chi connectivity index (χ4n) is 2.72. The van der Waals surface area contributed by atoms with Crippen molar-refractivity contribution in [2.24, 2.45) is 0 Å². The molecule has 0 N–H and O–H groups in total. The Bertz CT molecular complexity index is 535. The first kappa shape index (κ1) is 21.3. The Labute approximate surface area is 149 Å². The molecule has 2 nitrogen and oxygen atoms in total. The van der Waals surface area contributed by atoms with Crippen LogP contribution in [0.4, 0.5) is 13.2 Å². The summed E-state index contributed by atoms with van der Waals surface area (Å²) in [5.74, 6) is 0.169. The van der Waals surface area contributed by atoms with E-state index in [4.69, 9.17) is 10.00 Å². The highest BCUT2D eigenvalue weighted by molar-refractivity contribution is 5.44. The van der Waals surface area contributed by atoms with Crippen LogP contribution in [0.15, 0.2) is 18.2 Å². The van der Waals surface area contributed by atoms with E-state index >= 15 is 0 Å². The first-order valence-corrected chi connectivity index (χ1v) is 9.23. The highest BCUT2D eigenvalue weighted by Gasteiger charge is 2.34. The Morgan fingerprint density at radius 3 is 2.00 bits per heavy atom. The van der Waals surface area contributed by atoms with E-state index in [1.165, 1.54) is 51.0 Å². The highest BCUT2D eigenvalue weighted by atomic mass is 19.4. The van der Waals surface area contributed by atoms with Crippen molar-refractivity contribution in [3.8, 4) is 11.8 Å². The lowest BCUT2D eigenvalue weighted by Gasteiger charge is -2.12. The van der Waals surface area contributed by atoms with Crippen molar-refractivity contribution in [1.29, 1.82) is 5.26 Å². The number of rotatable bonds is 12. The van der Waals surface area contributed by atoms with Crippen LogP contribution in [0.25, 0.3) is 0 Å². The van der Waals surface area contributed by atoms with Gasteiger partial charge in [-0.1, -0.05) is 64.7 Å². The molecule has 0 atom stereocenters. The Morgan fingerprint density at radius 2 is 1.48 bits per heavy atom. The van der Waals surface area contributed by atoms with Gasteiger partial charge in [-0.3, -0.25) is 0 Å². The number of unbranched alkanes of at least 4 members (excludes halogenated alkanes) is 9. The summed E-state index contributed by atoms with van der Waals surface area (Å²) in [6.45, 7) is 2.61. The van der Waals surface area contributed by atoms with Crippen LogP contribution in [0.5, 0.6) is 5.75 Å². The molecule has 0 fully saturated rings. The van der Waals surface area contributed by atoms with Crippen LogP contribution < -0.4 is 4.74 Å². The molecule has 0 aliphatic rings. The molecule has 0 amide bonds. The van der Waals surface area contributed by atoms with Gasteiger partial charge in [-0.2, -0.15) is 18.4 Å². The van der Waals surface area contributed by atoms with E-state index in [0.29, 0.717) is 6.61 Å². The topological polar surface area (TPSA) is 33.0 Å². The summed E-state index contributed by atoms with van der Waals surface area (Å²) in [6.07, 6.45) is 7.45. The molecule has 140 valence electrons. The summed E-state index contributed by atoms with van der Waals surface area (Å²) >= 11 is 0. The third-order valence-corrected chi connectivity index (χ3v) is 4.18. The van der Waals surface area contributed by atoms with E-state index in [-0.39, 0.29) is 11.3 Å². The Hall–Kier alpha value is -1.70. The van der Waals surface area contributed by atoms with Crippen LogP contribution in [0, 0.1) is 11.3 Å². The number of nitrogens with zero attached hydrogens (tertiary/aromatic N) is 1. The lowest BCUT2D eigenvalue weighted by molar-refractivity contribution is -0.137. The quantitative estimate of drug-likeness (QED) is 0.383. The molecule has 0 aliphatic carbocycles. The highest BCUT2D eigenvalue weighted by Crippen LogP contribution is 2.34. The number of halogens is 3. The second-order valence-corrected chi connectivity index (χ2v) is 6.35. The summed E-state index contributed by atoms with van der Waals surface area (Å²) in [6, 6.07) is 5.06. The normalized spacial score (nSPS) is 11.3. The van der Waals surface area contributed by atoms with E-state index in [0.717, 1.165) is 31.4 Å². The van der Waals surface area contributed by atoms with Crippen molar-refractivity contribution >= 4 is 0 Å². The number of hydrogen-bond acceptors (Lipinski definition) is 2. The SMILES string of the molecule is CCCCCCCCCCCCOc1ccc(C#N)c(C(F)(F)F)c1. The number of alkyl halides is 3. The van der Waals surface area contributed by atoms with Gasteiger partial charge in [0.15, 0.2) is 0 Å². The van der Waals surface area contributed by atoms with Gasteiger partial charge in [-0.05, 0) is 24.6 Å². The maximum atomic E-state index is 12.9. The van der Waals surface area contributed by atoms with Crippen LogP contribution >= 0.6 is 0 Å². The molecule has 25 heavy (non-hydrogen) atoms. The van der Waals surface area contributed by atoms with Gasteiger partial charge in [0.25, 0.3) is 0 Å². The average Bonchev–Trinajstić information content (AvgIpc) is 2.58. The predicted molar refractivity (Wildman–Crippen MR) is 93.5 cm³/mol. The zero-order chi connectivity index (χ0) is 18.5. The minimum absolute atomic E-state index is 0.169. The molecule has 0 saturated carbocycles. The van der Waals surface area contributed by atoms with E-state index < -0.39 is 11.7 Å². The molecular weight excluding hydrogens is 327 g/mol. The van der Waals surface area contributed by atoms with E-state index in [2.05, 4.69) is 6.92 Å². The molecule has 1 aromatic carbocycles. The third-order valence-electron chi connectivity index (χ3n) is 4.18. The zero-order valence-corrected chi connectivity index (χ0v) is 15.0. The van der Waals surface area contributed by atoms with Crippen molar-refractivity contribution in [3.05, 3.63) is 29.3 Å². The molecule has 0 saturated heterocycles. The summed E-state index contributed by atoms with van der Waals surface area (Å²) in [7, 11) is 0. The van der Waals surface area contributed by atoms with Crippen molar-refractivity contribution in [2.75, 3.05) is 6.61 Å². The number of nitriles is 1. The molecule has 0 aliphatic heterocycles. The fraction of sp³-hybridized carbons (Fsp3) is 0.650. The molecule has 0 radical (unpaired) electrons. The van der Waals surface area contributed by atoms with Crippen molar-refractivity contribution < 1.29 is 17.9 Å². The number of benzene rings is 1. The Balaban J connectivity index is 2.19. The van der Waals surface area contributed by atoms with Gasteiger partial charge < -0.3 is 4.74 Å². The van der Waals surface area contributed by atoms with Gasteiger partial charge >= 0.3 is 6.18 Å². The summed E-state index contributed by atoms with van der Waals surface area (Å²) in [4.78, 5) is 0. The minimum Gasteiger partial charge on any atom is -0.494 e. The van der Waals surface area contributed by atoms with Crippen molar-refractivity contribution in [2.45, 2.75) is 77.3 Å². The average molecular weight is 355 g/mol. The van der Waals surface area contributed by atoms with E-state index in [1.807, 2.05) is 0 Å². The smallest absolute Gasteiger partial charge is 0.417 e. The summed E-state index contributed by atoms with van der Waals surface area (Å²) in [5.41, 5.74) is -1.31. The fourth-order valence-corrected chi connectivity index (χ4v) is 2.72. The van der Waals surface area contributed by atoms with Crippen molar-refractivity contribution in [3.63, 3.8) is 0 Å². The second kappa shape index (κ2) is 11.8. The van der Waals surface area contributed by atoms with Crippen LogP contribution in [0.1, 0.15) is 82.3 Å². The monoisotopic (exact) mass is 355 g/mol. The van der Waals surface area contributed by atoms with Crippen LogP contribution in [0.3, 0.4) is 0 Å². The Kier molecular flexibility index (Phi) is 10.1. The van der Waals surface area contributed by atoms with E-state index in [1.54, 1.807) is 6.07 Å². The van der Waals surface area contributed by atoms with Crippen LogP contribution in [0.2, 0.25) is 0 Å². The first-order valence-electron chi connectivity index (χ1n) is 9.23. The first-order chi connectivity index (χ1) is 12.0. The third kappa shape index (κ3) is 8.81. The standard InChI is InChI=1S/C20H28F3NO/c1-2-3-4-5-6-7-8-9-10-11-14-25-18-13-12-17(16-24)19(15-18)20(21,22)23/h12-13,15H,2-11,14H2,1H3. The summed E-state index contributed by atoms with van der Waals surface area (Å²) < 4.78 is 44.0. The van der Waals surface area contributed by atoms with Crippen LogP contribution in [-0.2, 0) is 6.18 Å². The van der Waals surface area contributed by atoms with Gasteiger partial charge in [0.05, 0.1) is 23.8 Å². The van der Waals surface area contributed by atoms with E-state index in [9.17, 15) is 13.2 Å². The molecular formula is C20H28F3NO. The molecule has 0 unspecified atom stereocenters.